The normalized spacial score (nSPS) is 17.2. The van der Waals surface area contributed by atoms with E-state index in [1.807, 2.05) is 12.1 Å². The van der Waals surface area contributed by atoms with Crippen LogP contribution in [0.5, 0.6) is 11.5 Å². The number of hydrogen-bond donors (Lipinski definition) is 1. The topological polar surface area (TPSA) is 135 Å². The maximum Gasteiger partial charge on any atom is 0.268 e. The van der Waals surface area contributed by atoms with Crippen LogP contribution in [0, 0.1) is 0 Å². The first-order valence-corrected chi connectivity index (χ1v) is 18.3. The van der Waals surface area contributed by atoms with Crippen molar-refractivity contribution in [2.24, 2.45) is 0 Å². The van der Waals surface area contributed by atoms with E-state index in [1.165, 1.54) is 47.1 Å². The molecule has 47 heavy (non-hydrogen) atoms. The molecule has 0 aromatic heterocycles. The number of para-hydroxylation sites is 1. The summed E-state index contributed by atoms with van der Waals surface area (Å²) in [5.74, 6) is -0.260. The molecule has 6 rings (SSSR count). The predicted octanol–water partition coefficient (Wildman–Crippen LogP) is 3.73. The van der Waals surface area contributed by atoms with E-state index in [0.29, 0.717) is 36.6 Å². The highest BCUT2D eigenvalue weighted by Crippen LogP contribution is 2.41. The van der Waals surface area contributed by atoms with E-state index in [4.69, 9.17) is 14.2 Å². The number of methoxy groups -OCH3 is 2. The van der Waals surface area contributed by atoms with E-state index in [9.17, 15) is 21.6 Å². The molecule has 0 radical (unpaired) electrons. The number of carbonyl (C=O) groups is 1. The van der Waals surface area contributed by atoms with Crippen molar-refractivity contribution in [2.75, 3.05) is 74.7 Å². The monoisotopic (exact) mass is 682 g/mol. The van der Waals surface area contributed by atoms with Gasteiger partial charge in [-0.25, -0.2) is 16.8 Å². The highest BCUT2D eigenvalue weighted by molar-refractivity contribution is 7.93. The van der Waals surface area contributed by atoms with Crippen molar-refractivity contribution < 1.29 is 35.8 Å². The SMILES string of the molecule is COc1cc(C=CC(=O)Nc2cc(S(=O)(=O)N3CCOCC3)ccc2N2CCCC2)cc(S(=O)(=O)N2CCc3ccccc32)c1OC. The van der Waals surface area contributed by atoms with Gasteiger partial charge in [0, 0.05) is 38.8 Å². The molecule has 12 nitrogen and oxygen atoms in total. The zero-order valence-corrected chi connectivity index (χ0v) is 28.0. The van der Waals surface area contributed by atoms with E-state index in [2.05, 4.69) is 10.2 Å². The summed E-state index contributed by atoms with van der Waals surface area (Å²) in [7, 11) is -5.06. The number of sulfonamides is 2. The molecule has 0 spiro atoms. The van der Waals surface area contributed by atoms with Crippen LogP contribution in [0.4, 0.5) is 17.1 Å². The molecule has 3 aliphatic heterocycles. The molecule has 3 heterocycles. The van der Waals surface area contributed by atoms with Gasteiger partial charge >= 0.3 is 0 Å². The fourth-order valence-electron chi connectivity index (χ4n) is 6.21. The molecule has 14 heteroatoms. The molecule has 3 aliphatic rings. The molecule has 0 atom stereocenters. The van der Waals surface area contributed by atoms with Crippen molar-refractivity contribution >= 4 is 49.1 Å². The van der Waals surface area contributed by atoms with Crippen molar-refractivity contribution in [3.05, 3.63) is 71.8 Å². The molecule has 0 saturated carbocycles. The summed E-state index contributed by atoms with van der Waals surface area (Å²) in [6.45, 7) is 3.03. The second kappa shape index (κ2) is 13.6. The first-order valence-electron chi connectivity index (χ1n) is 15.5. The summed E-state index contributed by atoms with van der Waals surface area (Å²) < 4.78 is 73.9. The van der Waals surface area contributed by atoms with Crippen LogP contribution in [0.2, 0.25) is 0 Å². The number of fused-ring (bicyclic) bond motifs is 1. The maximum atomic E-state index is 14.0. The summed E-state index contributed by atoms with van der Waals surface area (Å²) >= 11 is 0. The van der Waals surface area contributed by atoms with Gasteiger partial charge in [-0.1, -0.05) is 18.2 Å². The number of hydrogen-bond acceptors (Lipinski definition) is 9. The lowest BCUT2D eigenvalue weighted by atomic mass is 10.1. The molecule has 2 fully saturated rings. The van der Waals surface area contributed by atoms with E-state index in [-0.39, 0.29) is 40.9 Å². The third-order valence-electron chi connectivity index (χ3n) is 8.59. The first kappa shape index (κ1) is 32.8. The van der Waals surface area contributed by atoms with Crippen LogP contribution < -0.4 is 24.0 Å². The van der Waals surface area contributed by atoms with Crippen LogP contribution >= 0.6 is 0 Å². The minimum atomic E-state index is -4.06. The number of anilines is 3. The Hall–Kier alpha value is -4.11. The van der Waals surface area contributed by atoms with Crippen molar-refractivity contribution in [2.45, 2.75) is 29.1 Å². The summed E-state index contributed by atoms with van der Waals surface area (Å²) in [5, 5.41) is 2.87. The average molecular weight is 683 g/mol. The van der Waals surface area contributed by atoms with Gasteiger partial charge in [-0.05, 0) is 72.9 Å². The van der Waals surface area contributed by atoms with Gasteiger partial charge in [0.25, 0.3) is 10.0 Å². The Balaban J connectivity index is 1.30. The highest BCUT2D eigenvalue weighted by atomic mass is 32.2. The molecule has 1 N–H and O–H groups in total. The number of rotatable bonds is 10. The number of carbonyl (C=O) groups excluding carboxylic acids is 1. The van der Waals surface area contributed by atoms with Gasteiger partial charge in [0.1, 0.15) is 4.90 Å². The van der Waals surface area contributed by atoms with Gasteiger partial charge < -0.3 is 24.4 Å². The van der Waals surface area contributed by atoms with Gasteiger partial charge in [0.15, 0.2) is 11.5 Å². The molecule has 2 saturated heterocycles. The van der Waals surface area contributed by atoms with Crippen molar-refractivity contribution in [1.29, 1.82) is 0 Å². The summed E-state index contributed by atoms with van der Waals surface area (Å²) in [6.07, 6.45) is 5.34. The highest BCUT2D eigenvalue weighted by Gasteiger charge is 2.34. The lowest BCUT2D eigenvalue weighted by Gasteiger charge is -2.27. The first-order chi connectivity index (χ1) is 22.6. The number of amides is 1. The lowest BCUT2D eigenvalue weighted by Crippen LogP contribution is -2.40. The molecular weight excluding hydrogens is 645 g/mol. The van der Waals surface area contributed by atoms with Crippen LogP contribution in [0.25, 0.3) is 6.08 Å². The smallest absolute Gasteiger partial charge is 0.268 e. The van der Waals surface area contributed by atoms with E-state index in [1.54, 1.807) is 30.3 Å². The Morgan fingerprint density at radius 2 is 1.60 bits per heavy atom. The van der Waals surface area contributed by atoms with Gasteiger partial charge in [-0.15, -0.1) is 0 Å². The zero-order valence-electron chi connectivity index (χ0n) is 26.3. The predicted molar refractivity (Wildman–Crippen MR) is 179 cm³/mol. The van der Waals surface area contributed by atoms with E-state index >= 15 is 0 Å². The summed E-state index contributed by atoms with van der Waals surface area (Å²) in [4.78, 5) is 15.5. The molecular formula is C33H38N4O8S2. The molecule has 0 bridgehead atoms. The van der Waals surface area contributed by atoms with E-state index in [0.717, 1.165) is 37.2 Å². The number of nitrogens with one attached hydrogen (secondary N) is 1. The van der Waals surface area contributed by atoms with Gasteiger partial charge in [0.2, 0.25) is 15.9 Å². The third kappa shape index (κ3) is 6.55. The van der Waals surface area contributed by atoms with Gasteiger partial charge in [-0.2, -0.15) is 4.31 Å². The molecule has 3 aromatic rings. The number of ether oxygens (including phenoxy) is 3. The molecule has 1 amide bonds. The second-order valence-electron chi connectivity index (χ2n) is 11.4. The quantitative estimate of drug-likeness (QED) is 0.318. The number of morpholine rings is 1. The molecule has 250 valence electrons. The average Bonchev–Trinajstić information content (AvgIpc) is 3.78. The van der Waals surface area contributed by atoms with Crippen LogP contribution in [0.15, 0.2) is 70.5 Å². The minimum Gasteiger partial charge on any atom is -0.493 e. The molecule has 0 unspecified atom stereocenters. The van der Waals surface area contributed by atoms with Crippen molar-refractivity contribution in [3.8, 4) is 11.5 Å². The summed E-state index contributed by atoms with van der Waals surface area (Å²) in [6, 6.07) is 15.2. The lowest BCUT2D eigenvalue weighted by molar-refractivity contribution is -0.111. The van der Waals surface area contributed by atoms with Crippen LogP contribution in [0.3, 0.4) is 0 Å². The summed E-state index contributed by atoms with van der Waals surface area (Å²) in [5.41, 5.74) is 3.05. The maximum absolute atomic E-state index is 14.0. The molecule has 3 aromatic carbocycles. The van der Waals surface area contributed by atoms with Crippen molar-refractivity contribution in [3.63, 3.8) is 0 Å². The number of benzene rings is 3. The van der Waals surface area contributed by atoms with Gasteiger partial charge in [-0.3, -0.25) is 9.10 Å². The van der Waals surface area contributed by atoms with E-state index < -0.39 is 26.0 Å². The van der Waals surface area contributed by atoms with Crippen LogP contribution in [-0.2, 0) is 36.0 Å². The largest absolute Gasteiger partial charge is 0.493 e. The Bertz CT molecular complexity index is 1900. The van der Waals surface area contributed by atoms with Crippen LogP contribution in [-0.4, -0.2) is 87.2 Å². The van der Waals surface area contributed by atoms with Crippen LogP contribution in [0.1, 0.15) is 24.0 Å². The molecule has 0 aliphatic carbocycles. The fraction of sp³-hybridized carbons (Fsp3) is 0.364. The minimum absolute atomic E-state index is 0.0621. The second-order valence-corrected chi connectivity index (χ2v) is 15.2. The zero-order chi connectivity index (χ0) is 33.2. The third-order valence-corrected chi connectivity index (χ3v) is 12.3. The Labute approximate surface area is 275 Å². The van der Waals surface area contributed by atoms with Crippen molar-refractivity contribution in [1.82, 2.24) is 4.31 Å². The standard InChI is InChI=1S/C33H38N4O8S2/c1-43-30-21-24(22-31(33(30)44-2)47(41,42)37-16-13-25-7-3-4-8-28(25)37)9-12-32(38)34-27-23-26(10-11-29(27)35-14-5-6-15-35)46(39,40)36-17-19-45-20-18-36/h3-4,7-12,21-23H,5-6,13-20H2,1-2H3,(H,34,38). The fourth-order valence-corrected chi connectivity index (χ4v) is 9.35. The Kier molecular flexibility index (Phi) is 9.46. The number of nitrogens with zero attached hydrogens (tertiary/aromatic N) is 3. The Morgan fingerprint density at radius 1 is 0.851 bits per heavy atom. The Morgan fingerprint density at radius 3 is 2.32 bits per heavy atom. The van der Waals surface area contributed by atoms with Gasteiger partial charge in [0.05, 0.1) is 49.4 Å².